The number of carbonyl (C=O) groups excluding carboxylic acids is 1. The van der Waals surface area contributed by atoms with Crippen LogP contribution in [0.1, 0.15) is 5.56 Å². The molecule has 0 radical (unpaired) electrons. The maximum atomic E-state index is 11.1. The summed E-state index contributed by atoms with van der Waals surface area (Å²) in [6.07, 6.45) is 1.76. The third kappa shape index (κ3) is 3.40. The zero-order valence-electron chi connectivity index (χ0n) is 8.70. The van der Waals surface area contributed by atoms with Crippen molar-refractivity contribution in [2.45, 2.75) is 0 Å². The molecular weight excluding hydrogens is 256 g/mol. The van der Waals surface area contributed by atoms with Crippen LogP contribution in [0.25, 0.3) is 6.08 Å². The van der Waals surface area contributed by atoms with Gasteiger partial charge in [-0.05, 0) is 23.8 Å². The Kier molecular flexibility index (Phi) is 3.91. The largest absolute Gasteiger partial charge is 0.373 e. The molecule has 0 atom stereocenters. The number of primary amides is 1. The van der Waals surface area contributed by atoms with Crippen LogP contribution >= 0.6 is 15.9 Å². The van der Waals surface area contributed by atoms with Gasteiger partial charge in [-0.2, -0.15) is 0 Å². The van der Waals surface area contributed by atoms with Crippen LogP contribution in [0, 0.1) is 0 Å². The van der Waals surface area contributed by atoms with E-state index >= 15 is 0 Å². The minimum Gasteiger partial charge on any atom is -0.373 e. The molecule has 80 valence electrons. The summed E-state index contributed by atoms with van der Waals surface area (Å²) in [7, 11) is 3.57. The lowest BCUT2D eigenvalue weighted by atomic mass is 10.2. The standard InChI is InChI=1S/C11H13BrN2O/c1-14(2)10(11(13)15)7-8-3-5-9(12)6-4-8/h3-7H,1-2H3,(H2,13,15). The van der Waals surface area contributed by atoms with Crippen LogP contribution in [-0.2, 0) is 4.79 Å². The zero-order valence-corrected chi connectivity index (χ0v) is 10.3. The first-order valence-corrected chi connectivity index (χ1v) is 5.24. The van der Waals surface area contributed by atoms with E-state index in [1.54, 1.807) is 25.1 Å². The van der Waals surface area contributed by atoms with Gasteiger partial charge in [0.25, 0.3) is 5.91 Å². The highest BCUT2D eigenvalue weighted by Gasteiger charge is 2.06. The van der Waals surface area contributed by atoms with Gasteiger partial charge in [-0.1, -0.05) is 28.1 Å². The Bertz CT molecular complexity index is 382. The van der Waals surface area contributed by atoms with Gasteiger partial charge in [0, 0.05) is 18.6 Å². The van der Waals surface area contributed by atoms with Gasteiger partial charge < -0.3 is 10.6 Å². The third-order valence-corrected chi connectivity index (χ3v) is 2.44. The lowest BCUT2D eigenvalue weighted by molar-refractivity contribution is -0.115. The van der Waals surface area contributed by atoms with E-state index in [1.807, 2.05) is 24.3 Å². The van der Waals surface area contributed by atoms with Crippen molar-refractivity contribution in [2.24, 2.45) is 5.73 Å². The number of halogens is 1. The molecule has 0 aliphatic heterocycles. The molecule has 0 heterocycles. The van der Waals surface area contributed by atoms with E-state index in [9.17, 15) is 4.79 Å². The Hall–Kier alpha value is -1.29. The highest BCUT2D eigenvalue weighted by Crippen LogP contribution is 2.13. The number of hydrogen-bond acceptors (Lipinski definition) is 2. The Morgan fingerprint density at radius 3 is 2.27 bits per heavy atom. The van der Waals surface area contributed by atoms with Crippen molar-refractivity contribution in [1.82, 2.24) is 4.90 Å². The van der Waals surface area contributed by atoms with Crippen molar-refractivity contribution < 1.29 is 4.79 Å². The second-order valence-corrected chi connectivity index (χ2v) is 4.26. The number of nitrogens with two attached hydrogens (primary N) is 1. The normalized spacial score (nSPS) is 11.3. The molecule has 0 saturated carbocycles. The average Bonchev–Trinajstić information content (AvgIpc) is 2.15. The second kappa shape index (κ2) is 4.98. The van der Waals surface area contributed by atoms with Crippen LogP contribution < -0.4 is 5.73 Å². The predicted octanol–water partition coefficient (Wildman–Crippen LogP) is 1.84. The zero-order chi connectivity index (χ0) is 11.4. The molecule has 1 aromatic carbocycles. The highest BCUT2D eigenvalue weighted by molar-refractivity contribution is 9.10. The van der Waals surface area contributed by atoms with Crippen LogP contribution in [0.2, 0.25) is 0 Å². The molecule has 0 saturated heterocycles. The molecule has 0 fully saturated rings. The minimum atomic E-state index is -0.428. The van der Waals surface area contributed by atoms with Crippen LogP contribution in [0.3, 0.4) is 0 Å². The first-order valence-electron chi connectivity index (χ1n) is 4.45. The quantitative estimate of drug-likeness (QED) is 0.851. The van der Waals surface area contributed by atoms with Gasteiger partial charge in [0.05, 0.1) is 0 Å². The third-order valence-electron chi connectivity index (χ3n) is 1.91. The highest BCUT2D eigenvalue weighted by atomic mass is 79.9. The molecule has 4 heteroatoms. The fourth-order valence-electron chi connectivity index (χ4n) is 1.14. The molecule has 3 nitrogen and oxygen atoms in total. The van der Waals surface area contributed by atoms with Gasteiger partial charge in [0.2, 0.25) is 0 Å². The summed E-state index contributed by atoms with van der Waals surface area (Å²) in [6, 6.07) is 7.66. The van der Waals surface area contributed by atoms with Crippen molar-refractivity contribution in [2.75, 3.05) is 14.1 Å². The van der Waals surface area contributed by atoms with E-state index in [0.29, 0.717) is 5.70 Å². The molecule has 15 heavy (non-hydrogen) atoms. The lowest BCUT2D eigenvalue weighted by Crippen LogP contribution is -2.25. The van der Waals surface area contributed by atoms with Crippen molar-refractivity contribution in [3.8, 4) is 0 Å². The first-order chi connectivity index (χ1) is 7.00. The molecule has 2 N–H and O–H groups in total. The van der Waals surface area contributed by atoms with Gasteiger partial charge in [0.1, 0.15) is 5.70 Å². The number of benzene rings is 1. The summed E-state index contributed by atoms with van der Waals surface area (Å²) in [6.45, 7) is 0. The molecule has 1 aromatic rings. The molecule has 1 amide bonds. The Morgan fingerprint density at radius 2 is 1.87 bits per heavy atom. The van der Waals surface area contributed by atoms with Crippen molar-refractivity contribution in [1.29, 1.82) is 0 Å². The fourth-order valence-corrected chi connectivity index (χ4v) is 1.40. The number of carbonyl (C=O) groups is 1. The predicted molar refractivity (Wildman–Crippen MR) is 65.0 cm³/mol. The van der Waals surface area contributed by atoms with Crippen LogP contribution in [0.15, 0.2) is 34.4 Å². The van der Waals surface area contributed by atoms with Crippen LogP contribution in [0.4, 0.5) is 0 Å². The van der Waals surface area contributed by atoms with Crippen LogP contribution in [-0.4, -0.2) is 24.9 Å². The SMILES string of the molecule is CN(C)C(=Cc1ccc(Br)cc1)C(N)=O. The summed E-state index contributed by atoms with van der Waals surface area (Å²) in [5, 5.41) is 0. The molecular formula is C11H13BrN2O. The Labute approximate surface area is 97.7 Å². The van der Waals surface area contributed by atoms with Gasteiger partial charge >= 0.3 is 0 Å². The smallest absolute Gasteiger partial charge is 0.264 e. The number of likely N-dealkylation sites (N-methyl/N-ethyl adjacent to an activating group) is 1. The minimum absolute atomic E-state index is 0.428. The van der Waals surface area contributed by atoms with E-state index in [0.717, 1.165) is 10.0 Å². The Balaban J connectivity index is 3.02. The fraction of sp³-hybridized carbons (Fsp3) is 0.182. The number of hydrogen-bond donors (Lipinski definition) is 1. The summed E-state index contributed by atoms with van der Waals surface area (Å²) in [4.78, 5) is 12.8. The van der Waals surface area contributed by atoms with Crippen LogP contribution in [0.5, 0.6) is 0 Å². The Morgan fingerprint density at radius 1 is 1.33 bits per heavy atom. The summed E-state index contributed by atoms with van der Waals surface area (Å²) < 4.78 is 1.00. The van der Waals surface area contributed by atoms with Gasteiger partial charge in [-0.15, -0.1) is 0 Å². The van der Waals surface area contributed by atoms with E-state index < -0.39 is 5.91 Å². The molecule has 1 rings (SSSR count). The number of rotatable bonds is 3. The maximum Gasteiger partial charge on any atom is 0.264 e. The number of nitrogens with zero attached hydrogens (tertiary/aromatic N) is 1. The topological polar surface area (TPSA) is 46.3 Å². The van der Waals surface area contributed by atoms with E-state index in [4.69, 9.17) is 5.73 Å². The van der Waals surface area contributed by atoms with E-state index in [-0.39, 0.29) is 0 Å². The average molecular weight is 269 g/mol. The molecule has 0 aliphatic carbocycles. The van der Waals surface area contributed by atoms with Crippen molar-refractivity contribution in [3.63, 3.8) is 0 Å². The number of amides is 1. The second-order valence-electron chi connectivity index (χ2n) is 3.34. The summed E-state index contributed by atoms with van der Waals surface area (Å²) in [5.41, 5.74) is 6.69. The van der Waals surface area contributed by atoms with E-state index in [1.165, 1.54) is 0 Å². The lowest BCUT2D eigenvalue weighted by Gasteiger charge is -2.13. The molecule has 0 spiro atoms. The van der Waals surface area contributed by atoms with Crippen molar-refractivity contribution in [3.05, 3.63) is 40.0 Å². The van der Waals surface area contributed by atoms with Gasteiger partial charge in [0.15, 0.2) is 0 Å². The maximum absolute atomic E-state index is 11.1. The summed E-state index contributed by atoms with van der Waals surface area (Å²) in [5.74, 6) is -0.428. The molecule has 0 aromatic heterocycles. The van der Waals surface area contributed by atoms with Gasteiger partial charge in [-0.3, -0.25) is 4.79 Å². The van der Waals surface area contributed by atoms with E-state index in [2.05, 4.69) is 15.9 Å². The van der Waals surface area contributed by atoms with Gasteiger partial charge in [-0.25, -0.2) is 0 Å². The van der Waals surface area contributed by atoms with Crippen molar-refractivity contribution >= 4 is 27.9 Å². The molecule has 0 bridgehead atoms. The first kappa shape index (κ1) is 11.8. The molecule has 0 unspecified atom stereocenters. The monoisotopic (exact) mass is 268 g/mol. The summed E-state index contributed by atoms with van der Waals surface area (Å²) >= 11 is 3.35. The molecule has 0 aliphatic rings.